The maximum absolute atomic E-state index is 11.8. The Bertz CT molecular complexity index is 694. The summed E-state index contributed by atoms with van der Waals surface area (Å²) in [5, 5.41) is 24.4. The summed E-state index contributed by atoms with van der Waals surface area (Å²) in [6, 6.07) is 1.77. The minimum absolute atomic E-state index is 0.0338. The first-order valence-electron chi connectivity index (χ1n) is 8.24. The molecule has 0 saturated carbocycles. The van der Waals surface area contributed by atoms with E-state index in [0.717, 1.165) is 11.8 Å². The first-order valence-corrected chi connectivity index (χ1v) is 9.22. The standard InChI is InChI=1S/C17H24N2O7S/c1-5-25-13-6-11(19-17(24)26-9(2)3)7-14(15(13)21)27-8-12(16(22)23)18-10(4)20/h6-7,9,12,21H,5,8H2,1-4H3,(H,18,20)(H,19,24)(H,22,23). The Kier molecular flexibility index (Phi) is 8.73. The van der Waals surface area contributed by atoms with Gasteiger partial charge in [-0.25, -0.2) is 9.59 Å². The number of ether oxygens (including phenoxy) is 2. The van der Waals surface area contributed by atoms with Gasteiger partial charge in [-0.3, -0.25) is 10.1 Å². The zero-order valence-corrected chi connectivity index (χ0v) is 16.4. The van der Waals surface area contributed by atoms with Crippen LogP contribution in [0.3, 0.4) is 0 Å². The number of carbonyl (C=O) groups is 3. The van der Waals surface area contributed by atoms with Crippen molar-refractivity contribution in [2.45, 2.75) is 44.7 Å². The lowest BCUT2D eigenvalue weighted by molar-refractivity contribution is -0.140. The van der Waals surface area contributed by atoms with Crippen LogP contribution < -0.4 is 15.4 Å². The number of carboxylic acids is 1. The van der Waals surface area contributed by atoms with Crippen LogP contribution in [-0.2, 0) is 14.3 Å². The average Bonchev–Trinajstić information content (AvgIpc) is 2.53. The number of rotatable bonds is 9. The van der Waals surface area contributed by atoms with Crippen molar-refractivity contribution in [2.75, 3.05) is 17.7 Å². The van der Waals surface area contributed by atoms with Crippen LogP contribution in [0.5, 0.6) is 11.5 Å². The number of thioether (sulfide) groups is 1. The van der Waals surface area contributed by atoms with Crippen LogP contribution in [0, 0.1) is 0 Å². The summed E-state index contributed by atoms with van der Waals surface area (Å²) in [5.41, 5.74) is 0.316. The maximum atomic E-state index is 11.8. The summed E-state index contributed by atoms with van der Waals surface area (Å²) in [5.74, 6) is -1.76. The molecule has 0 bridgehead atoms. The number of nitrogens with one attached hydrogen (secondary N) is 2. The number of anilines is 1. The highest BCUT2D eigenvalue weighted by molar-refractivity contribution is 7.99. The molecule has 1 aromatic carbocycles. The van der Waals surface area contributed by atoms with E-state index in [1.807, 2.05) is 0 Å². The van der Waals surface area contributed by atoms with Crippen molar-refractivity contribution in [3.8, 4) is 11.5 Å². The van der Waals surface area contributed by atoms with Gasteiger partial charge in [0.1, 0.15) is 6.04 Å². The predicted molar refractivity (Wildman–Crippen MR) is 100 cm³/mol. The van der Waals surface area contributed by atoms with Crippen molar-refractivity contribution >= 4 is 35.4 Å². The van der Waals surface area contributed by atoms with Crippen LogP contribution in [0.15, 0.2) is 17.0 Å². The molecule has 0 fully saturated rings. The van der Waals surface area contributed by atoms with E-state index in [0.29, 0.717) is 5.69 Å². The normalized spacial score (nSPS) is 11.6. The number of hydrogen-bond acceptors (Lipinski definition) is 7. The molecule has 4 N–H and O–H groups in total. The van der Waals surface area contributed by atoms with E-state index >= 15 is 0 Å². The molecule has 1 rings (SSSR count). The SMILES string of the molecule is CCOc1cc(NC(=O)OC(C)C)cc(SCC(NC(C)=O)C(=O)O)c1O. The van der Waals surface area contributed by atoms with Crippen molar-refractivity contribution in [1.29, 1.82) is 0 Å². The van der Waals surface area contributed by atoms with Crippen molar-refractivity contribution < 1.29 is 34.1 Å². The Hall–Kier alpha value is -2.62. The van der Waals surface area contributed by atoms with Crippen molar-refractivity contribution in [3.63, 3.8) is 0 Å². The first-order chi connectivity index (χ1) is 12.6. The van der Waals surface area contributed by atoms with Gasteiger partial charge in [0.2, 0.25) is 5.91 Å². The van der Waals surface area contributed by atoms with Gasteiger partial charge in [0, 0.05) is 24.4 Å². The zero-order chi connectivity index (χ0) is 20.6. The molecular weight excluding hydrogens is 376 g/mol. The van der Waals surface area contributed by atoms with Gasteiger partial charge in [-0.2, -0.15) is 0 Å². The fourth-order valence-corrected chi connectivity index (χ4v) is 3.00. The van der Waals surface area contributed by atoms with Gasteiger partial charge in [0.05, 0.1) is 17.6 Å². The molecule has 150 valence electrons. The van der Waals surface area contributed by atoms with Crippen LogP contribution in [0.4, 0.5) is 10.5 Å². The maximum Gasteiger partial charge on any atom is 0.411 e. The third-order valence-electron chi connectivity index (χ3n) is 3.01. The third-order valence-corrected chi connectivity index (χ3v) is 4.13. The largest absolute Gasteiger partial charge is 0.503 e. The van der Waals surface area contributed by atoms with E-state index in [1.165, 1.54) is 19.1 Å². The Morgan fingerprint density at radius 3 is 2.44 bits per heavy atom. The van der Waals surface area contributed by atoms with Crippen LogP contribution in [-0.4, -0.2) is 52.7 Å². The molecule has 1 aromatic rings. The molecule has 10 heteroatoms. The number of hydrogen-bond donors (Lipinski definition) is 4. The van der Waals surface area contributed by atoms with Crippen molar-refractivity contribution in [2.24, 2.45) is 0 Å². The number of aromatic hydroxyl groups is 1. The van der Waals surface area contributed by atoms with Gasteiger partial charge in [0.15, 0.2) is 11.5 Å². The number of aliphatic carboxylic acids is 1. The van der Waals surface area contributed by atoms with Gasteiger partial charge in [-0.15, -0.1) is 11.8 Å². The van der Waals surface area contributed by atoms with Gasteiger partial charge in [0.25, 0.3) is 0 Å². The van der Waals surface area contributed by atoms with Gasteiger partial charge < -0.3 is 25.0 Å². The average molecular weight is 400 g/mol. The third kappa shape index (κ3) is 7.65. The van der Waals surface area contributed by atoms with Crippen LogP contribution >= 0.6 is 11.8 Å². The molecule has 0 heterocycles. The highest BCUT2D eigenvalue weighted by atomic mass is 32.2. The first kappa shape index (κ1) is 22.4. The van der Waals surface area contributed by atoms with E-state index in [2.05, 4.69) is 10.6 Å². The van der Waals surface area contributed by atoms with Crippen LogP contribution in [0.1, 0.15) is 27.7 Å². The van der Waals surface area contributed by atoms with E-state index in [-0.39, 0.29) is 34.9 Å². The Balaban J connectivity index is 3.03. The summed E-state index contributed by atoms with van der Waals surface area (Å²) < 4.78 is 10.4. The fraction of sp³-hybridized carbons (Fsp3) is 0.471. The molecule has 9 nitrogen and oxygen atoms in total. The summed E-state index contributed by atoms with van der Waals surface area (Å²) >= 11 is 1.00. The van der Waals surface area contributed by atoms with E-state index in [9.17, 15) is 24.6 Å². The topological polar surface area (TPSA) is 134 Å². The number of phenols is 1. The van der Waals surface area contributed by atoms with E-state index in [1.54, 1.807) is 20.8 Å². The summed E-state index contributed by atoms with van der Waals surface area (Å²) in [6.45, 7) is 6.64. The quantitative estimate of drug-likeness (QED) is 0.367. The summed E-state index contributed by atoms with van der Waals surface area (Å²) in [4.78, 5) is 34.4. The number of phenolic OH excluding ortho intramolecular Hbond substituents is 1. The Labute approximate surface area is 161 Å². The molecule has 0 radical (unpaired) electrons. The molecule has 0 aliphatic carbocycles. The highest BCUT2D eigenvalue weighted by Crippen LogP contribution is 2.40. The molecule has 0 spiro atoms. The lowest BCUT2D eigenvalue weighted by Gasteiger charge is -2.16. The number of benzene rings is 1. The van der Waals surface area contributed by atoms with Gasteiger partial charge in [-0.05, 0) is 26.8 Å². The second-order valence-electron chi connectivity index (χ2n) is 5.74. The van der Waals surface area contributed by atoms with Crippen molar-refractivity contribution in [1.82, 2.24) is 5.32 Å². The molecule has 0 aliphatic rings. The molecular formula is C17H24N2O7S. The minimum atomic E-state index is -1.20. The molecule has 0 saturated heterocycles. The molecule has 1 atom stereocenters. The summed E-state index contributed by atoms with van der Waals surface area (Å²) in [7, 11) is 0. The van der Waals surface area contributed by atoms with Crippen LogP contribution in [0.2, 0.25) is 0 Å². The molecule has 0 aliphatic heterocycles. The fourth-order valence-electron chi connectivity index (χ4n) is 1.98. The van der Waals surface area contributed by atoms with Gasteiger partial charge in [-0.1, -0.05) is 0 Å². The molecule has 27 heavy (non-hydrogen) atoms. The van der Waals surface area contributed by atoms with E-state index in [4.69, 9.17) is 9.47 Å². The number of amides is 2. The predicted octanol–water partition coefficient (Wildman–Crippen LogP) is 2.43. The lowest BCUT2D eigenvalue weighted by Crippen LogP contribution is -2.41. The molecule has 1 unspecified atom stereocenters. The Morgan fingerprint density at radius 2 is 1.93 bits per heavy atom. The number of carboxylic acid groups (broad SMARTS) is 1. The van der Waals surface area contributed by atoms with Crippen molar-refractivity contribution in [3.05, 3.63) is 12.1 Å². The number of carbonyl (C=O) groups excluding carboxylic acids is 2. The van der Waals surface area contributed by atoms with Gasteiger partial charge >= 0.3 is 12.1 Å². The molecule has 0 aromatic heterocycles. The van der Waals surface area contributed by atoms with E-state index < -0.39 is 24.0 Å². The second-order valence-corrected chi connectivity index (χ2v) is 6.80. The highest BCUT2D eigenvalue weighted by Gasteiger charge is 2.21. The monoisotopic (exact) mass is 400 g/mol. The molecule has 2 amide bonds. The lowest BCUT2D eigenvalue weighted by atomic mass is 10.2. The van der Waals surface area contributed by atoms with Crippen LogP contribution in [0.25, 0.3) is 0 Å². The summed E-state index contributed by atoms with van der Waals surface area (Å²) in [6.07, 6.45) is -0.980. The zero-order valence-electron chi connectivity index (χ0n) is 15.6. The smallest absolute Gasteiger partial charge is 0.411 e. The minimum Gasteiger partial charge on any atom is -0.503 e. The second kappa shape index (κ2) is 10.5. The Morgan fingerprint density at radius 1 is 1.26 bits per heavy atom.